The molecule has 32 heavy (non-hydrogen) atoms. The maximum Gasteiger partial charge on any atom is 0.355 e. The van der Waals surface area contributed by atoms with Gasteiger partial charge in [-0.25, -0.2) is 18.5 Å². The van der Waals surface area contributed by atoms with E-state index in [0.29, 0.717) is 4.68 Å². The van der Waals surface area contributed by atoms with Gasteiger partial charge in [-0.05, 0) is 32.0 Å². The summed E-state index contributed by atoms with van der Waals surface area (Å²) >= 11 is 6.05. The van der Waals surface area contributed by atoms with Gasteiger partial charge in [0.2, 0.25) is 0 Å². The Balaban J connectivity index is 1.90. The molecular weight excluding hydrogens is 455 g/mol. The molecule has 3 rings (SSSR count). The summed E-state index contributed by atoms with van der Waals surface area (Å²) in [5, 5.41) is 3.56. The molecule has 0 bridgehead atoms. The lowest BCUT2D eigenvalue weighted by Gasteiger charge is -2.12. The number of hydrogen-bond donors (Lipinski definition) is 0. The molecule has 0 atom stereocenters. The number of aryl methyl sites for hydroxylation is 1. The summed E-state index contributed by atoms with van der Waals surface area (Å²) in [7, 11) is 0. The number of alkyl halides is 2. The first kappa shape index (κ1) is 23.2. The van der Waals surface area contributed by atoms with Gasteiger partial charge in [0.25, 0.3) is 0 Å². The third-order valence-corrected chi connectivity index (χ3v) is 4.40. The van der Waals surface area contributed by atoms with E-state index >= 15 is 0 Å². The second-order valence-corrected chi connectivity index (χ2v) is 6.70. The lowest BCUT2D eigenvalue weighted by molar-refractivity contribution is -0.145. The van der Waals surface area contributed by atoms with Gasteiger partial charge in [-0.2, -0.15) is 13.5 Å². The van der Waals surface area contributed by atoms with Crippen molar-refractivity contribution in [3.63, 3.8) is 0 Å². The number of hydrogen-bond acceptors (Lipinski definition) is 6. The molecule has 0 aliphatic rings. The Kier molecular flexibility index (Phi) is 7.08. The van der Waals surface area contributed by atoms with E-state index in [2.05, 4.69) is 5.10 Å². The van der Waals surface area contributed by atoms with Crippen molar-refractivity contribution < 1.29 is 32.2 Å². The zero-order valence-corrected chi connectivity index (χ0v) is 17.6. The van der Waals surface area contributed by atoms with Gasteiger partial charge in [0, 0.05) is 12.1 Å². The first-order valence-corrected chi connectivity index (χ1v) is 9.61. The van der Waals surface area contributed by atoms with E-state index in [-0.39, 0.29) is 45.9 Å². The minimum absolute atomic E-state index is 0.0678. The van der Waals surface area contributed by atoms with Crippen molar-refractivity contribution in [3.8, 4) is 22.9 Å². The number of nitrogens with zero attached hydrogens (tertiary/aromatic N) is 3. The van der Waals surface area contributed by atoms with Crippen LogP contribution in [0.2, 0.25) is 5.02 Å². The highest BCUT2D eigenvalue weighted by Crippen LogP contribution is 2.34. The highest BCUT2D eigenvalue weighted by Gasteiger charge is 2.21. The molecule has 0 fully saturated rings. The Morgan fingerprint density at radius 1 is 1.22 bits per heavy atom. The van der Waals surface area contributed by atoms with Crippen LogP contribution in [0.15, 0.2) is 41.2 Å². The Morgan fingerprint density at radius 3 is 2.59 bits per heavy atom. The zero-order chi connectivity index (χ0) is 23.4. The average Bonchev–Trinajstić information content (AvgIpc) is 3.03. The molecule has 8 nitrogen and oxygen atoms in total. The number of ether oxygens (including phenoxy) is 3. The van der Waals surface area contributed by atoms with Crippen molar-refractivity contribution in [2.24, 2.45) is 0 Å². The van der Waals surface area contributed by atoms with Gasteiger partial charge in [-0.15, -0.1) is 5.10 Å². The summed E-state index contributed by atoms with van der Waals surface area (Å²) in [4.78, 5) is 23.7. The fourth-order valence-electron chi connectivity index (χ4n) is 2.72. The van der Waals surface area contributed by atoms with E-state index in [4.69, 9.17) is 25.8 Å². The Morgan fingerprint density at radius 2 is 1.94 bits per heavy atom. The van der Waals surface area contributed by atoms with Gasteiger partial charge in [0.15, 0.2) is 12.4 Å². The van der Waals surface area contributed by atoms with Gasteiger partial charge in [0.05, 0.1) is 11.6 Å². The van der Waals surface area contributed by atoms with Crippen LogP contribution >= 0.6 is 11.6 Å². The molecule has 0 saturated heterocycles. The normalized spacial score (nSPS) is 11.0. The summed E-state index contributed by atoms with van der Waals surface area (Å²) in [6, 6.07) is 8.07. The van der Waals surface area contributed by atoms with Crippen LogP contribution < -0.4 is 15.2 Å². The summed E-state index contributed by atoms with van der Waals surface area (Å²) in [6.45, 7) is -0.375. The standard InChI is InChI=1S/C20H17ClF3N3O5/c1-3-30-18(28)10-31-12-5-4-6-13(7-12)32-17-9-16(15(22)8-14(17)21)27-20(29)26(19(23)24)11(2)25-27/h4-9,19H,3,10H2,1-2H3. The predicted molar refractivity (Wildman–Crippen MR) is 107 cm³/mol. The molecule has 0 N–H and O–H groups in total. The number of carbonyl (C=O) groups is 1. The second-order valence-electron chi connectivity index (χ2n) is 6.29. The third kappa shape index (κ3) is 5.05. The number of esters is 1. The minimum Gasteiger partial charge on any atom is -0.482 e. The minimum atomic E-state index is -3.14. The van der Waals surface area contributed by atoms with E-state index in [1.807, 2.05) is 0 Å². The molecular formula is C20H17ClF3N3O5. The zero-order valence-electron chi connectivity index (χ0n) is 16.9. The van der Waals surface area contributed by atoms with E-state index in [1.165, 1.54) is 13.0 Å². The summed E-state index contributed by atoms with van der Waals surface area (Å²) in [5.41, 5.74) is -1.65. The topological polar surface area (TPSA) is 84.6 Å². The van der Waals surface area contributed by atoms with Crippen molar-refractivity contribution in [2.75, 3.05) is 13.2 Å². The van der Waals surface area contributed by atoms with Crippen LogP contribution in [0.5, 0.6) is 17.2 Å². The molecule has 0 spiro atoms. The lowest BCUT2D eigenvalue weighted by Crippen LogP contribution is -2.25. The van der Waals surface area contributed by atoms with Crippen LogP contribution in [-0.4, -0.2) is 33.5 Å². The summed E-state index contributed by atoms with van der Waals surface area (Å²) in [6.07, 6.45) is 0. The van der Waals surface area contributed by atoms with Crippen LogP contribution in [-0.2, 0) is 9.53 Å². The molecule has 170 valence electrons. The largest absolute Gasteiger partial charge is 0.482 e. The lowest BCUT2D eigenvalue weighted by atomic mass is 10.2. The molecule has 3 aromatic rings. The van der Waals surface area contributed by atoms with Gasteiger partial charge in [-0.3, -0.25) is 0 Å². The fourth-order valence-corrected chi connectivity index (χ4v) is 2.90. The summed E-state index contributed by atoms with van der Waals surface area (Å²) < 4.78 is 57.0. The number of carbonyl (C=O) groups excluding carboxylic acids is 1. The molecule has 1 aromatic heterocycles. The highest BCUT2D eigenvalue weighted by molar-refractivity contribution is 6.32. The molecule has 12 heteroatoms. The van der Waals surface area contributed by atoms with Crippen LogP contribution in [0.1, 0.15) is 19.3 Å². The Bertz CT molecular complexity index is 1200. The van der Waals surface area contributed by atoms with E-state index in [1.54, 1.807) is 25.1 Å². The van der Waals surface area contributed by atoms with Crippen LogP contribution in [0.4, 0.5) is 13.2 Å². The molecule has 0 unspecified atom stereocenters. The van der Waals surface area contributed by atoms with Crippen LogP contribution in [0.25, 0.3) is 5.69 Å². The first-order valence-electron chi connectivity index (χ1n) is 9.23. The molecule has 2 aromatic carbocycles. The Labute approximate surface area is 184 Å². The van der Waals surface area contributed by atoms with Crippen molar-refractivity contribution in [2.45, 2.75) is 20.4 Å². The quantitative estimate of drug-likeness (QED) is 0.456. The smallest absolute Gasteiger partial charge is 0.355 e. The van der Waals surface area contributed by atoms with Gasteiger partial charge in [-0.1, -0.05) is 17.7 Å². The van der Waals surface area contributed by atoms with Crippen molar-refractivity contribution in [3.05, 3.63) is 63.5 Å². The monoisotopic (exact) mass is 471 g/mol. The Hall–Kier alpha value is -3.47. The third-order valence-electron chi connectivity index (χ3n) is 4.10. The molecule has 0 aliphatic carbocycles. The fraction of sp³-hybridized carbons (Fsp3) is 0.250. The number of benzene rings is 2. The molecule has 0 saturated carbocycles. The number of aromatic nitrogens is 3. The maximum absolute atomic E-state index is 14.5. The number of rotatable bonds is 8. The maximum atomic E-state index is 14.5. The molecule has 1 heterocycles. The highest BCUT2D eigenvalue weighted by atomic mass is 35.5. The molecule has 0 radical (unpaired) electrons. The summed E-state index contributed by atoms with van der Waals surface area (Å²) in [5.74, 6) is -1.37. The molecule has 0 aliphatic heterocycles. The van der Waals surface area contributed by atoms with Gasteiger partial charge < -0.3 is 14.2 Å². The molecule has 0 amide bonds. The van der Waals surface area contributed by atoms with Crippen molar-refractivity contribution in [1.29, 1.82) is 0 Å². The van der Waals surface area contributed by atoms with Gasteiger partial charge >= 0.3 is 18.2 Å². The SMILES string of the molecule is CCOC(=O)COc1cccc(Oc2cc(-n3nc(C)n(C(F)F)c3=O)c(F)cc2Cl)c1. The first-order chi connectivity index (χ1) is 15.2. The predicted octanol–water partition coefficient (Wildman–Crippen LogP) is 4.26. The van der Waals surface area contributed by atoms with Crippen LogP contribution in [0.3, 0.4) is 0 Å². The van der Waals surface area contributed by atoms with E-state index in [0.717, 1.165) is 12.1 Å². The van der Waals surface area contributed by atoms with E-state index < -0.39 is 29.7 Å². The van der Waals surface area contributed by atoms with Crippen LogP contribution in [0, 0.1) is 12.7 Å². The van der Waals surface area contributed by atoms with Gasteiger partial charge in [0.1, 0.15) is 28.8 Å². The van der Waals surface area contributed by atoms with Crippen molar-refractivity contribution >= 4 is 17.6 Å². The number of halogens is 4. The van der Waals surface area contributed by atoms with Crippen molar-refractivity contribution in [1.82, 2.24) is 14.3 Å². The van der Waals surface area contributed by atoms with E-state index in [9.17, 15) is 22.8 Å². The average molecular weight is 472 g/mol. The second kappa shape index (κ2) is 9.77.